The highest BCUT2D eigenvalue weighted by molar-refractivity contribution is 8.71. The highest BCUT2D eigenvalue weighted by atomic mass is 33.1. The molecule has 1 amide bonds. The van der Waals surface area contributed by atoms with E-state index in [0.29, 0.717) is 25.3 Å². The zero-order valence-corrected chi connectivity index (χ0v) is 15.2. The summed E-state index contributed by atoms with van der Waals surface area (Å²) in [6, 6.07) is 0. The molecule has 5 nitrogen and oxygen atoms in total. The third kappa shape index (κ3) is 14.4. The van der Waals surface area contributed by atoms with Gasteiger partial charge in [-0.1, -0.05) is 6.42 Å². The second kappa shape index (κ2) is 10.5. The number of rotatable bonds is 12. The molecule has 0 rings (SSSR count). The van der Waals surface area contributed by atoms with Gasteiger partial charge in [-0.15, -0.1) is 0 Å². The van der Waals surface area contributed by atoms with Crippen molar-refractivity contribution in [3.05, 3.63) is 0 Å². The maximum Gasteiger partial charge on any atom is 0.219 e. The first-order chi connectivity index (χ1) is 9.66. The van der Waals surface area contributed by atoms with Gasteiger partial charge in [0.25, 0.3) is 0 Å². The van der Waals surface area contributed by atoms with Crippen molar-refractivity contribution < 1.29 is 17.9 Å². The molecular formula is C14H29NO4S2. The van der Waals surface area contributed by atoms with Gasteiger partial charge in [0.15, 0.2) is 8.87 Å². The summed E-state index contributed by atoms with van der Waals surface area (Å²) in [4.78, 5) is 11.6. The molecule has 0 aromatic rings. The Balaban J connectivity index is 3.55. The Bertz CT molecular complexity index is 394. The lowest BCUT2D eigenvalue weighted by molar-refractivity contribution is -0.121. The van der Waals surface area contributed by atoms with Crippen LogP contribution in [0.1, 0.15) is 52.9 Å². The van der Waals surface area contributed by atoms with Crippen molar-refractivity contribution >= 4 is 25.6 Å². The number of unbranched alkanes of at least 4 members (excludes halogenated alkanes) is 2. The van der Waals surface area contributed by atoms with Crippen LogP contribution >= 0.6 is 10.8 Å². The zero-order chi connectivity index (χ0) is 16.4. The van der Waals surface area contributed by atoms with E-state index < -0.39 is 8.87 Å². The van der Waals surface area contributed by atoms with Gasteiger partial charge in [0.2, 0.25) is 5.91 Å². The van der Waals surface area contributed by atoms with Crippen LogP contribution < -0.4 is 5.32 Å². The average Bonchev–Trinajstić information content (AvgIpc) is 2.31. The van der Waals surface area contributed by atoms with Crippen LogP contribution in [0.4, 0.5) is 0 Å². The largest absolute Gasteiger partial charge is 0.376 e. The second-order valence-corrected chi connectivity index (χ2v) is 10.2. The van der Waals surface area contributed by atoms with Gasteiger partial charge in [-0.05, 0) is 50.8 Å². The first-order valence-electron chi connectivity index (χ1n) is 7.41. The third-order valence-corrected chi connectivity index (χ3v) is 5.60. The minimum absolute atomic E-state index is 0.0538. The molecule has 1 N–H and O–H groups in total. The molecule has 0 spiro atoms. The lowest BCUT2D eigenvalue weighted by Gasteiger charge is -2.24. The molecule has 0 aliphatic carbocycles. The van der Waals surface area contributed by atoms with Crippen molar-refractivity contribution in [1.82, 2.24) is 5.32 Å². The lowest BCUT2D eigenvalue weighted by Crippen LogP contribution is -2.32. The average molecular weight is 340 g/mol. The van der Waals surface area contributed by atoms with Gasteiger partial charge in [0, 0.05) is 31.6 Å². The van der Waals surface area contributed by atoms with Crippen LogP contribution in [0.2, 0.25) is 0 Å². The molecule has 0 aliphatic heterocycles. The molecule has 0 aromatic heterocycles. The van der Waals surface area contributed by atoms with E-state index in [1.165, 1.54) is 6.26 Å². The second-order valence-electron chi connectivity index (χ2n) is 5.63. The molecule has 126 valence electrons. The highest BCUT2D eigenvalue weighted by Crippen LogP contribution is 2.14. The van der Waals surface area contributed by atoms with Crippen molar-refractivity contribution in [3.8, 4) is 0 Å². The minimum Gasteiger partial charge on any atom is -0.376 e. The van der Waals surface area contributed by atoms with Crippen molar-refractivity contribution in [2.75, 3.05) is 25.2 Å². The number of ether oxygens (including phenoxy) is 1. The molecular weight excluding hydrogens is 310 g/mol. The van der Waals surface area contributed by atoms with E-state index >= 15 is 0 Å². The van der Waals surface area contributed by atoms with E-state index in [0.717, 1.165) is 36.5 Å². The van der Waals surface area contributed by atoms with Crippen LogP contribution in [0, 0.1) is 0 Å². The van der Waals surface area contributed by atoms with Gasteiger partial charge in [0.1, 0.15) is 0 Å². The van der Waals surface area contributed by atoms with Crippen LogP contribution in [0.3, 0.4) is 0 Å². The van der Waals surface area contributed by atoms with Crippen LogP contribution in [-0.2, 0) is 18.4 Å². The van der Waals surface area contributed by atoms with E-state index in [9.17, 15) is 13.2 Å². The molecule has 0 saturated heterocycles. The fourth-order valence-corrected chi connectivity index (χ4v) is 3.72. The van der Waals surface area contributed by atoms with E-state index in [1.807, 2.05) is 20.8 Å². The number of amides is 1. The first-order valence-corrected chi connectivity index (χ1v) is 10.8. The molecule has 0 bridgehead atoms. The molecule has 0 fully saturated rings. The summed E-state index contributed by atoms with van der Waals surface area (Å²) in [7, 11) is -1.96. The summed E-state index contributed by atoms with van der Waals surface area (Å²) in [6.45, 7) is 7.29. The highest BCUT2D eigenvalue weighted by Gasteiger charge is 2.17. The third-order valence-electron chi connectivity index (χ3n) is 2.93. The Morgan fingerprint density at radius 1 is 1.24 bits per heavy atom. The quantitative estimate of drug-likeness (QED) is 0.437. The van der Waals surface area contributed by atoms with Crippen molar-refractivity contribution in [3.63, 3.8) is 0 Å². The maximum absolute atomic E-state index is 11.6. The monoisotopic (exact) mass is 339 g/mol. The van der Waals surface area contributed by atoms with Crippen molar-refractivity contribution in [2.45, 2.75) is 58.5 Å². The molecule has 0 aliphatic rings. The van der Waals surface area contributed by atoms with E-state index in [4.69, 9.17) is 4.74 Å². The standard InChI is InChI=1S/C14H29NO4S2/c1-5-19-14(2,3)10-11-15-13(16)9-7-6-8-12-20-21(4,17)18/h5-12H2,1-4H3,(H,15,16). The van der Waals surface area contributed by atoms with Gasteiger partial charge in [-0.2, -0.15) is 0 Å². The van der Waals surface area contributed by atoms with Crippen LogP contribution in [0.15, 0.2) is 0 Å². The maximum atomic E-state index is 11.6. The number of carbonyl (C=O) groups is 1. The molecule has 21 heavy (non-hydrogen) atoms. The topological polar surface area (TPSA) is 72.5 Å². The summed E-state index contributed by atoms with van der Waals surface area (Å²) in [6.07, 6.45) is 5.00. The Labute approximate surface area is 132 Å². The normalized spacial score (nSPS) is 12.4. The van der Waals surface area contributed by atoms with Gasteiger partial charge < -0.3 is 10.1 Å². The number of nitrogens with one attached hydrogen (secondary N) is 1. The van der Waals surface area contributed by atoms with E-state index in [-0.39, 0.29) is 11.5 Å². The Hall–Kier alpha value is -0.270. The van der Waals surface area contributed by atoms with E-state index in [1.54, 1.807) is 0 Å². The van der Waals surface area contributed by atoms with Gasteiger partial charge in [-0.3, -0.25) is 4.79 Å². The Kier molecular flexibility index (Phi) is 10.3. The van der Waals surface area contributed by atoms with Gasteiger partial charge in [-0.25, -0.2) is 8.42 Å². The van der Waals surface area contributed by atoms with Crippen molar-refractivity contribution in [2.24, 2.45) is 0 Å². The number of hydrogen-bond acceptors (Lipinski definition) is 5. The smallest absolute Gasteiger partial charge is 0.219 e. The predicted molar refractivity (Wildman–Crippen MR) is 89.1 cm³/mol. The number of carbonyl (C=O) groups excluding carboxylic acids is 1. The fourth-order valence-electron chi connectivity index (χ4n) is 1.83. The van der Waals surface area contributed by atoms with Crippen LogP contribution in [0.25, 0.3) is 0 Å². The first kappa shape index (κ1) is 20.7. The number of hydrogen-bond donors (Lipinski definition) is 1. The summed E-state index contributed by atoms with van der Waals surface area (Å²) < 4.78 is 27.4. The molecule has 0 atom stereocenters. The summed E-state index contributed by atoms with van der Waals surface area (Å²) in [5.41, 5.74) is -0.203. The Morgan fingerprint density at radius 2 is 1.90 bits per heavy atom. The summed E-state index contributed by atoms with van der Waals surface area (Å²) in [5.74, 6) is 0.654. The lowest BCUT2D eigenvalue weighted by atomic mass is 10.1. The van der Waals surface area contributed by atoms with Crippen molar-refractivity contribution in [1.29, 1.82) is 0 Å². The Morgan fingerprint density at radius 3 is 2.48 bits per heavy atom. The summed E-state index contributed by atoms with van der Waals surface area (Å²) >= 11 is 0. The summed E-state index contributed by atoms with van der Waals surface area (Å²) in [5, 5.41) is 2.89. The van der Waals surface area contributed by atoms with Gasteiger partial charge in [0.05, 0.1) is 5.60 Å². The SMILES string of the molecule is CCOC(C)(C)CCNC(=O)CCCCCSS(C)(=O)=O. The molecule has 0 saturated carbocycles. The van der Waals surface area contributed by atoms with Gasteiger partial charge >= 0.3 is 0 Å². The zero-order valence-electron chi connectivity index (χ0n) is 13.6. The predicted octanol–water partition coefficient (Wildman–Crippen LogP) is 2.56. The van der Waals surface area contributed by atoms with Crippen LogP contribution in [0.5, 0.6) is 0 Å². The fraction of sp³-hybridized carbons (Fsp3) is 0.929. The minimum atomic E-state index is -2.93. The molecule has 7 heteroatoms. The molecule has 0 radical (unpaired) electrons. The molecule has 0 unspecified atom stereocenters. The molecule has 0 heterocycles. The van der Waals surface area contributed by atoms with E-state index in [2.05, 4.69) is 5.32 Å². The van der Waals surface area contributed by atoms with Crippen LogP contribution in [-0.4, -0.2) is 45.1 Å². The molecule has 0 aromatic carbocycles.